The highest BCUT2D eigenvalue weighted by Crippen LogP contribution is 2.20. The lowest BCUT2D eigenvalue weighted by atomic mass is 10.2. The number of nitrogens with zero attached hydrogens (tertiary/aromatic N) is 1. The van der Waals surface area contributed by atoms with Gasteiger partial charge in [-0.25, -0.2) is 4.79 Å². The first-order valence-corrected chi connectivity index (χ1v) is 7.16. The van der Waals surface area contributed by atoms with Crippen molar-refractivity contribution in [2.24, 2.45) is 0 Å². The van der Waals surface area contributed by atoms with E-state index < -0.39 is 21.7 Å². The van der Waals surface area contributed by atoms with Crippen LogP contribution in [0.4, 0.5) is 5.69 Å². The second kappa shape index (κ2) is 5.88. The standard InChI is InChI=1S/C13H11NO6S/c1-8-12(13(15)16)6-10(20-8)7-21(19)11-4-2-9(3-5-11)14(17)18/h2-6H,7H2,1H3,(H,15,16). The monoisotopic (exact) mass is 309 g/mol. The van der Waals surface area contributed by atoms with Crippen molar-refractivity contribution in [1.82, 2.24) is 0 Å². The minimum absolute atomic E-state index is 0.00588. The molecule has 0 amide bonds. The molecule has 21 heavy (non-hydrogen) atoms. The fourth-order valence-corrected chi connectivity index (χ4v) is 2.77. The van der Waals surface area contributed by atoms with Crippen LogP contribution < -0.4 is 0 Å². The first-order chi connectivity index (χ1) is 9.88. The average Bonchev–Trinajstić information content (AvgIpc) is 2.79. The average molecular weight is 309 g/mol. The van der Waals surface area contributed by atoms with Crippen LogP contribution in [0, 0.1) is 17.0 Å². The van der Waals surface area contributed by atoms with Crippen molar-refractivity contribution < 1.29 is 23.5 Å². The highest BCUT2D eigenvalue weighted by Gasteiger charge is 2.16. The van der Waals surface area contributed by atoms with Crippen LogP contribution in [0.15, 0.2) is 39.6 Å². The van der Waals surface area contributed by atoms with Crippen LogP contribution in [0.25, 0.3) is 0 Å². The molecule has 8 heteroatoms. The van der Waals surface area contributed by atoms with Crippen molar-refractivity contribution in [2.45, 2.75) is 17.6 Å². The molecule has 2 aromatic rings. The Bertz CT molecular complexity index is 719. The van der Waals surface area contributed by atoms with Crippen molar-refractivity contribution >= 4 is 22.5 Å². The molecule has 0 aliphatic carbocycles. The summed E-state index contributed by atoms with van der Waals surface area (Å²) in [5.74, 6) is -0.560. The fourth-order valence-electron chi connectivity index (χ4n) is 1.76. The summed E-state index contributed by atoms with van der Waals surface area (Å²) in [6, 6.07) is 6.68. The normalized spacial score (nSPS) is 12.0. The van der Waals surface area contributed by atoms with Crippen LogP contribution in [-0.2, 0) is 16.6 Å². The van der Waals surface area contributed by atoms with Gasteiger partial charge in [-0.2, -0.15) is 0 Å². The number of non-ortho nitro benzene ring substituents is 1. The van der Waals surface area contributed by atoms with Gasteiger partial charge in [-0.1, -0.05) is 0 Å². The van der Waals surface area contributed by atoms with Gasteiger partial charge in [-0.05, 0) is 25.1 Å². The number of benzene rings is 1. The molecule has 1 unspecified atom stereocenters. The Kier molecular flexibility index (Phi) is 4.18. The van der Waals surface area contributed by atoms with Crippen LogP contribution >= 0.6 is 0 Å². The molecule has 0 radical (unpaired) electrons. The molecule has 110 valence electrons. The molecule has 1 atom stereocenters. The molecule has 1 N–H and O–H groups in total. The number of hydrogen-bond donors (Lipinski definition) is 1. The SMILES string of the molecule is Cc1oc(CS(=O)c2ccc([N+](=O)[O-])cc2)cc1C(=O)O. The number of nitro groups is 1. The third-order valence-electron chi connectivity index (χ3n) is 2.78. The molecule has 0 spiro atoms. The highest BCUT2D eigenvalue weighted by atomic mass is 32.2. The number of hydrogen-bond acceptors (Lipinski definition) is 5. The Morgan fingerprint density at radius 1 is 1.38 bits per heavy atom. The van der Waals surface area contributed by atoms with Crippen molar-refractivity contribution in [3.63, 3.8) is 0 Å². The third kappa shape index (κ3) is 3.34. The Balaban J connectivity index is 2.16. The first-order valence-electron chi connectivity index (χ1n) is 5.84. The number of rotatable bonds is 5. The predicted octanol–water partition coefficient (Wildman–Crippen LogP) is 2.50. The molecule has 0 aliphatic heterocycles. The van der Waals surface area contributed by atoms with Crippen LogP contribution in [0.5, 0.6) is 0 Å². The van der Waals surface area contributed by atoms with E-state index in [9.17, 15) is 19.1 Å². The predicted molar refractivity (Wildman–Crippen MR) is 73.6 cm³/mol. The Morgan fingerprint density at radius 2 is 2.00 bits per heavy atom. The maximum absolute atomic E-state index is 12.1. The van der Waals surface area contributed by atoms with Crippen molar-refractivity contribution in [1.29, 1.82) is 0 Å². The molecular weight excluding hydrogens is 298 g/mol. The molecule has 0 saturated carbocycles. The second-order valence-electron chi connectivity index (χ2n) is 4.23. The summed E-state index contributed by atoms with van der Waals surface area (Å²) >= 11 is 0. The van der Waals surface area contributed by atoms with Gasteiger partial charge >= 0.3 is 5.97 Å². The van der Waals surface area contributed by atoms with E-state index in [0.29, 0.717) is 10.7 Å². The van der Waals surface area contributed by atoms with E-state index in [1.54, 1.807) is 0 Å². The van der Waals surface area contributed by atoms with Crippen molar-refractivity contribution in [2.75, 3.05) is 0 Å². The van der Waals surface area contributed by atoms with Crippen LogP contribution in [0.3, 0.4) is 0 Å². The fraction of sp³-hybridized carbons (Fsp3) is 0.154. The van der Waals surface area contributed by atoms with Gasteiger partial charge < -0.3 is 9.52 Å². The van der Waals surface area contributed by atoms with Crippen molar-refractivity contribution in [3.05, 3.63) is 57.5 Å². The van der Waals surface area contributed by atoms with E-state index >= 15 is 0 Å². The molecule has 1 heterocycles. The van der Waals surface area contributed by atoms with Crippen LogP contribution in [0.2, 0.25) is 0 Å². The van der Waals surface area contributed by atoms with Crippen LogP contribution in [0.1, 0.15) is 21.9 Å². The smallest absolute Gasteiger partial charge is 0.339 e. The summed E-state index contributed by atoms with van der Waals surface area (Å²) in [5.41, 5.74) is -0.0524. The largest absolute Gasteiger partial charge is 0.478 e. The lowest BCUT2D eigenvalue weighted by molar-refractivity contribution is -0.384. The molecule has 0 saturated heterocycles. The summed E-state index contributed by atoms with van der Waals surface area (Å²) in [6.45, 7) is 1.52. The molecule has 0 bridgehead atoms. The van der Waals surface area contributed by atoms with E-state index in [4.69, 9.17) is 9.52 Å². The number of furan rings is 1. The summed E-state index contributed by atoms with van der Waals surface area (Å²) in [6.07, 6.45) is 0. The number of carboxylic acid groups (broad SMARTS) is 1. The van der Waals surface area contributed by atoms with E-state index in [1.165, 1.54) is 37.3 Å². The molecule has 1 aromatic heterocycles. The lowest BCUT2D eigenvalue weighted by Gasteiger charge is -2.00. The van der Waals surface area contributed by atoms with E-state index in [-0.39, 0.29) is 22.8 Å². The van der Waals surface area contributed by atoms with Gasteiger partial charge in [0.05, 0.1) is 21.5 Å². The van der Waals surface area contributed by atoms with Gasteiger partial charge in [0, 0.05) is 17.0 Å². The summed E-state index contributed by atoms with van der Waals surface area (Å²) < 4.78 is 17.4. The molecule has 7 nitrogen and oxygen atoms in total. The molecule has 0 fully saturated rings. The summed E-state index contributed by atoms with van der Waals surface area (Å²) in [7, 11) is -1.47. The summed E-state index contributed by atoms with van der Waals surface area (Å²) in [5, 5.41) is 19.4. The lowest BCUT2D eigenvalue weighted by Crippen LogP contribution is -1.97. The number of aryl methyl sites for hydroxylation is 1. The molecule has 2 rings (SSSR count). The van der Waals surface area contributed by atoms with Gasteiger partial charge in [0.1, 0.15) is 17.1 Å². The molecular formula is C13H11NO6S. The number of aromatic carboxylic acids is 1. The Hall–Kier alpha value is -2.48. The minimum Gasteiger partial charge on any atom is -0.478 e. The number of nitro benzene ring substituents is 1. The van der Waals surface area contributed by atoms with Gasteiger partial charge in [0.15, 0.2) is 0 Å². The van der Waals surface area contributed by atoms with Gasteiger partial charge in [-0.3, -0.25) is 14.3 Å². The topological polar surface area (TPSA) is 111 Å². The Labute approximate surface area is 121 Å². The zero-order valence-corrected chi connectivity index (χ0v) is 11.8. The van der Waals surface area contributed by atoms with E-state index in [1.807, 2.05) is 0 Å². The zero-order chi connectivity index (χ0) is 15.6. The summed E-state index contributed by atoms with van der Waals surface area (Å²) in [4.78, 5) is 21.3. The zero-order valence-electron chi connectivity index (χ0n) is 10.9. The molecule has 0 aliphatic rings. The van der Waals surface area contributed by atoms with Gasteiger partial charge in [-0.15, -0.1) is 0 Å². The van der Waals surface area contributed by atoms with Gasteiger partial charge in [0.2, 0.25) is 0 Å². The van der Waals surface area contributed by atoms with Crippen molar-refractivity contribution in [3.8, 4) is 0 Å². The maximum atomic E-state index is 12.1. The highest BCUT2D eigenvalue weighted by molar-refractivity contribution is 7.84. The first kappa shape index (κ1) is 14.9. The van der Waals surface area contributed by atoms with Crippen LogP contribution in [-0.4, -0.2) is 20.2 Å². The van der Waals surface area contributed by atoms with E-state index in [2.05, 4.69) is 0 Å². The Morgan fingerprint density at radius 3 is 2.48 bits per heavy atom. The minimum atomic E-state index is -1.47. The quantitative estimate of drug-likeness (QED) is 0.671. The van der Waals surface area contributed by atoms with Gasteiger partial charge in [0.25, 0.3) is 5.69 Å². The maximum Gasteiger partial charge on any atom is 0.339 e. The number of carbonyl (C=O) groups is 1. The third-order valence-corrected chi connectivity index (χ3v) is 4.13. The number of carboxylic acids is 1. The molecule has 1 aromatic carbocycles. The van der Waals surface area contributed by atoms with E-state index in [0.717, 1.165) is 0 Å². The second-order valence-corrected chi connectivity index (χ2v) is 5.68.